The fourth-order valence-electron chi connectivity index (χ4n) is 6.13. The third kappa shape index (κ3) is 8.64. The molecule has 45 heavy (non-hydrogen) atoms. The predicted octanol–water partition coefficient (Wildman–Crippen LogP) is 9.69. The normalized spacial score (nSPS) is 12.7. The Labute approximate surface area is 270 Å². The van der Waals surface area contributed by atoms with Crippen LogP contribution in [0.25, 0.3) is 21.9 Å². The molecule has 0 spiro atoms. The van der Waals surface area contributed by atoms with Crippen LogP contribution in [0.5, 0.6) is 5.75 Å². The first kappa shape index (κ1) is 34.0. The lowest BCUT2D eigenvalue weighted by Gasteiger charge is -2.33. The quantitative estimate of drug-likeness (QED) is 0.0778. The van der Waals surface area contributed by atoms with E-state index in [1.807, 2.05) is 25.1 Å². The molecule has 0 amide bonds. The lowest BCUT2D eigenvalue weighted by atomic mass is 9.72. The molecule has 2 aromatic carbocycles. The van der Waals surface area contributed by atoms with Crippen molar-refractivity contribution >= 4 is 34.6 Å². The first-order valence-corrected chi connectivity index (χ1v) is 17.0. The number of aryl methyl sites for hydroxylation is 2. The zero-order valence-corrected chi connectivity index (χ0v) is 28.6. The summed E-state index contributed by atoms with van der Waals surface area (Å²) in [5.41, 5.74) is 5.47. The van der Waals surface area contributed by atoms with Gasteiger partial charge in [-0.2, -0.15) is 4.21 Å². The van der Waals surface area contributed by atoms with Crippen LogP contribution in [-0.4, -0.2) is 25.1 Å². The van der Waals surface area contributed by atoms with Gasteiger partial charge in [-0.15, -0.1) is 0 Å². The summed E-state index contributed by atoms with van der Waals surface area (Å²) >= 11 is -1.85. The molecule has 0 saturated heterocycles. The van der Waals surface area contributed by atoms with E-state index in [-0.39, 0.29) is 22.1 Å². The molecule has 1 unspecified atom stereocenters. The largest absolute Gasteiger partial charge is 0.385 e. The van der Waals surface area contributed by atoms with E-state index >= 15 is 0 Å². The van der Waals surface area contributed by atoms with Gasteiger partial charge in [-0.25, -0.2) is 9.83 Å². The minimum absolute atomic E-state index is 0.0813. The SMILES string of the molecule is [C-]#[N+]c1cn2[nH]c(-c3ccc(C)c(NS(=O)Oc4cc(C(C)(C)CC(C)(C)C)ccc4CCCCCCCC)c3)nc2c1C=O. The average Bonchev–Trinajstić information content (AvgIpc) is 3.53. The molecular formula is C36H47N5O3S. The Morgan fingerprint density at radius 1 is 1.07 bits per heavy atom. The molecule has 0 aliphatic heterocycles. The maximum Gasteiger partial charge on any atom is 0.316 e. The first-order chi connectivity index (χ1) is 21.3. The van der Waals surface area contributed by atoms with Crippen molar-refractivity contribution in [3.05, 3.63) is 76.3 Å². The minimum Gasteiger partial charge on any atom is -0.385 e. The Bertz CT molecular complexity index is 1700. The van der Waals surface area contributed by atoms with Crippen LogP contribution in [0.4, 0.5) is 11.4 Å². The second kappa shape index (κ2) is 14.5. The Morgan fingerprint density at radius 3 is 2.49 bits per heavy atom. The van der Waals surface area contributed by atoms with Crippen LogP contribution in [0, 0.1) is 18.9 Å². The number of aromatic nitrogens is 3. The molecule has 2 heterocycles. The highest BCUT2D eigenvalue weighted by molar-refractivity contribution is 7.82. The van der Waals surface area contributed by atoms with Gasteiger partial charge in [0.1, 0.15) is 12.0 Å². The van der Waals surface area contributed by atoms with Crippen molar-refractivity contribution in [2.75, 3.05) is 4.72 Å². The number of nitrogens with one attached hydrogen (secondary N) is 2. The maximum absolute atomic E-state index is 13.5. The number of H-pyrrole nitrogens is 1. The van der Waals surface area contributed by atoms with Gasteiger partial charge < -0.3 is 4.18 Å². The molecular weight excluding hydrogens is 582 g/mol. The fraction of sp³-hybridized carbons (Fsp3) is 0.472. The Balaban J connectivity index is 1.56. The second-order valence-electron chi connectivity index (χ2n) is 13.8. The van der Waals surface area contributed by atoms with Crippen LogP contribution in [0.2, 0.25) is 0 Å². The molecule has 8 nitrogen and oxygen atoms in total. The van der Waals surface area contributed by atoms with E-state index in [1.165, 1.54) is 37.7 Å². The van der Waals surface area contributed by atoms with Crippen molar-refractivity contribution < 1.29 is 13.2 Å². The number of carbonyl (C=O) groups excluding carboxylic acids is 1. The first-order valence-electron chi connectivity index (χ1n) is 15.9. The number of anilines is 1. The van der Waals surface area contributed by atoms with Gasteiger partial charge in [-0.05, 0) is 65.8 Å². The molecule has 2 aromatic heterocycles. The summed E-state index contributed by atoms with van der Waals surface area (Å²) in [6.07, 6.45) is 11.3. The van der Waals surface area contributed by atoms with E-state index in [9.17, 15) is 9.00 Å². The van der Waals surface area contributed by atoms with Gasteiger partial charge in [0, 0.05) is 11.8 Å². The average molecular weight is 630 g/mol. The maximum atomic E-state index is 13.5. The highest BCUT2D eigenvalue weighted by Gasteiger charge is 2.28. The second-order valence-corrected chi connectivity index (χ2v) is 14.7. The minimum atomic E-state index is -1.85. The number of benzene rings is 2. The molecule has 0 fully saturated rings. The molecule has 0 aliphatic rings. The van der Waals surface area contributed by atoms with Crippen molar-refractivity contribution in [3.8, 4) is 17.1 Å². The number of unbranched alkanes of at least 4 members (excludes halogenated alkanes) is 5. The zero-order valence-electron chi connectivity index (χ0n) is 27.8. The van der Waals surface area contributed by atoms with E-state index < -0.39 is 11.3 Å². The Kier molecular flexibility index (Phi) is 10.9. The van der Waals surface area contributed by atoms with Crippen molar-refractivity contribution in [2.45, 2.75) is 105 Å². The Morgan fingerprint density at radius 2 is 1.80 bits per heavy atom. The van der Waals surface area contributed by atoms with Gasteiger partial charge in [-0.3, -0.25) is 19.1 Å². The lowest BCUT2D eigenvalue weighted by molar-refractivity contribution is 0.112. The standard InChI is InChI=1S/C36H47N5O3S/c1-9-10-11-12-13-14-15-26-18-19-28(36(6,7)24-35(3,4)5)21-32(26)44-45(43)40-30-20-27(17-16-25(30)2)33-38-34-29(23-42)31(37-8)22-41(34)39-33/h16-23,40H,9-15,24H2,1-7H3,(H,38,39). The molecule has 0 radical (unpaired) electrons. The summed E-state index contributed by atoms with van der Waals surface area (Å²) in [5, 5.41) is 3.13. The fourth-order valence-corrected chi connectivity index (χ4v) is 6.89. The third-order valence-corrected chi connectivity index (χ3v) is 8.89. The molecule has 1 atom stereocenters. The predicted molar refractivity (Wildman–Crippen MR) is 184 cm³/mol. The zero-order chi connectivity index (χ0) is 32.8. The Hall–Kier alpha value is -3.90. The smallest absolute Gasteiger partial charge is 0.316 e. The number of nitrogens with zero attached hydrogens (tertiary/aromatic N) is 3. The third-order valence-electron chi connectivity index (χ3n) is 8.17. The highest BCUT2D eigenvalue weighted by atomic mass is 32.2. The van der Waals surface area contributed by atoms with Gasteiger partial charge in [0.2, 0.25) is 5.69 Å². The summed E-state index contributed by atoms with van der Waals surface area (Å²) in [7, 11) is 0. The van der Waals surface area contributed by atoms with Gasteiger partial charge >= 0.3 is 11.3 Å². The number of fused-ring (bicyclic) bond motifs is 1. The number of rotatable bonds is 15. The van der Waals surface area contributed by atoms with Crippen LogP contribution in [0.1, 0.15) is 114 Å². The van der Waals surface area contributed by atoms with E-state index in [0.29, 0.717) is 29.2 Å². The number of carbonyl (C=O) groups is 1. The van der Waals surface area contributed by atoms with Crippen molar-refractivity contribution in [3.63, 3.8) is 0 Å². The van der Waals surface area contributed by atoms with E-state index in [2.05, 4.69) is 79.4 Å². The summed E-state index contributed by atoms with van der Waals surface area (Å²) in [6, 6.07) is 12.1. The highest BCUT2D eigenvalue weighted by Crippen LogP contribution is 2.39. The number of hydrogen-bond acceptors (Lipinski definition) is 4. The van der Waals surface area contributed by atoms with Crippen LogP contribution in [0.3, 0.4) is 0 Å². The summed E-state index contributed by atoms with van der Waals surface area (Å²) in [6.45, 7) is 22.7. The van der Waals surface area contributed by atoms with E-state index in [4.69, 9.17) is 10.8 Å². The number of aromatic amines is 1. The van der Waals surface area contributed by atoms with E-state index in [0.717, 1.165) is 36.0 Å². The number of hydrogen-bond donors (Lipinski definition) is 2. The monoisotopic (exact) mass is 629 g/mol. The van der Waals surface area contributed by atoms with Gasteiger partial charge in [0.15, 0.2) is 11.5 Å². The van der Waals surface area contributed by atoms with Gasteiger partial charge in [0.05, 0.1) is 17.8 Å². The molecule has 0 bridgehead atoms. The van der Waals surface area contributed by atoms with Crippen LogP contribution < -0.4 is 8.91 Å². The van der Waals surface area contributed by atoms with Gasteiger partial charge in [-0.1, -0.05) is 97.9 Å². The van der Waals surface area contributed by atoms with Crippen molar-refractivity contribution in [2.24, 2.45) is 5.41 Å². The van der Waals surface area contributed by atoms with Crippen LogP contribution in [-0.2, 0) is 23.1 Å². The lowest BCUT2D eigenvalue weighted by Crippen LogP contribution is -2.25. The molecule has 4 aromatic rings. The topological polar surface area (TPSA) is 92.8 Å². The van der Waals surface area contributed by atoms with Crippen LogP contribution in [0.15, 0.2) is 42.6 Å². The summed E-state index contributed by atoms with van der Waals surface area (Å²) in [5.74, 6) is 1.18. The molecule has 9 heteroatoms. The molecule has 4 rings (SSSR count). The van der Waals surface area contributed by atoms with Crippen LogP contribution >= 0.6 is 0 Å². The molecule has 0 aliphatic carbocycles. The van der Waals surface area contributed by atoms with E-state index in [1.54, 1.807) is 10.7 Å². The van der Waals surface area contributed by atoms with Gasteiger partial charge in [0.25, 0.3) is 0 Å². The number of aldehydes is 1. The summed E-state index contributed by atoms with van der Waals surface area (Å²) < 4.78 is 24.3. The van der Waals surface area contributed by atoms with Crippen molar-refractivity contribution in [1.29, 1.82) is 0 Å². The summed E-state index contributed by atoms with van der Waals surface area (Å²) in [4.78, 5) is 19.5. The molecule has 2 N–H and O–H groups in total. The molecule has 240 valence electrons. The molecule has 0 saturated carbocycles. The van der Waals surface area contributed by atoms with Crippen molar-refractivity contribution in [1.82, 2.24) is 14.6 Å².